The van der Waals surface area contributed by atoms with Crippen molar-refractivity contribution in [2.24, 2.45) is 232 Å². The summed E-state index contributed by atoms with van der Waals surface area (Å²) < 4.78 is 0. The second kappa shape index (κ2) is 43.2. The van der Waals surface area contributed by atoms with Crippen LogP contribution in [-0.4, -0.2) is 167 Å². The highest BCUT2D eigenvalue weighted by Crippen LogP contribution is 2.76. The Balaban J connectivity index is 0.000000133. The van der Waals surface area contributed by atoms with E-state index in [4.69, 9.17) is 25.5 Å². The summed E-state index contributed by atoms with van der Waals surface area (Å²) in [5.74, 6) is 12.2. The number of rotatable bonds is 20. The molecule has 20 fully saturated rings. The number of aliphatic carboxylic acids is 5. The number of hydrogen-bond donors (Lipinski definition) is 15. The van der Waals surface area contributed by atoms with Crippen LogP contribution in [-0.2, 0) is 24.0 Å². The van der Waals surface area contributed by atoms with E-state index in [0.29, 0.717) is 166 Å². The molecule has 0 aromatic heterocycles. The lowest BCUT2D eigenvalue weighted by Gasteiger charge is -2.63. The van der Waals surface area contributed by atoms with Gasteiger partial charge in [0.2, 0.25) is 0 Å². The number of aliphatic hydroxyl groups is 10. The first-order valence-corrected chi connectivity index (χ1v) is 58.7. The smallest absolute Gasteiger partial charge is 0.303 e. The highest BCUT2D eigenvalue weighted by molar-refractivity contribution is 5.68. The van der Waals surface area contributed by atoms with Crippen LogP contribution in [0, 0.1) is 232 Å². The fourth-order valence-electron chi connectivity index (χ4n) is 43.6. The van der Waals surface area contributed by atoms with Gasteiger partial charge in [0.15, 0.2) is 0 Å². The van der Waals surface area contributed by atoms with Crippen molar-refractivity contribution in [2.75, 3.05) is 0 Å². The van der Waals surface area contributed by atoms with E-state index in [0.717, 1.165) is 191 Å². The predicted octanol–water partition coefficient (Wildman–Crippen LogP) is 23.0. The Bertz CT molecular complexity index is 4120. The Kier molecular flexibility index (Phi) is 34.4. The van der Waals surface area contributed by atoms with Crippen LogP contribution in [0.15, 0.2) is 0 Å². The van der Waals surface area contributed by atoms with Gasteiger partial charge in [-0.25, -0.2) is 0 Å². The van der Waals surface area contributed by atoms with E-state index in [2.05, 4.69) is 104 Å². The number of hydrogen-bond acceptors (Lipinski definition) is 15. The molecule has 20 rings (SSSR count). The summed E-state index contributed by atoms with van der Waals surface area (Å²) in [7, 11) is 0. The first-order valence-electron chi connectivity index (χ1n) is 58.7. The molecule has 20 saturated carbocycles. The summed E-state index contributed by atoms with van der Waals surface area (Å²) >= 11 is 0. The topological polar surface area (TPSA) is 389 Å². The van der Waals surface area contributed by atoms with Gasteiger partial charge >= 0.3 is 29.8 Å². The predicted molar refractivity (Wildman–Crippen MR) is 550 cm³/mol. The van der Waals surface area contributed by atoms with Gasteiger partial charge in [-0.05, 0) is 521 Å². The van der Waals surface area contributed by atoms with Gasteiger partial charge in [-0.15, -0.1) is 0 Å². The Morgan fingerprint density at radius 3 is 0.801 bits per heavy atom. The van der Waals surface area contributed by atoms with Gasteiger partial charge in [0.05, 0.1) is 61.0 Å². The van der Waals surface area contributed by atoms with Crippen LogP contribution >= 0.6 is 0 Å². The number of carboxylic acids is 5. The molecule has 0 aromatic carbocycles. The molecule has 20 aliphatic rings. The van der Waals surface area contributed by atoms with Crippen molar-refractivity contribution in [2.45, 2.75) is 493 Å². The molecule has 0 amide bonds. The normalized spacial score (nSPS) is 51.3. The molecule has 0 heterocycles. The average molecular weight is 1980 g/mol. The number of fused-ring (bicyclic) bond motifs is 25. The fraction of sp³-hybridized carbons (Fsp3) is 0.959. The zero-order valence-corrected chi connectivity index (χ0v) is 89.7. The third kappa shape index (κ3) is 20.5. The van der Waals surface area contributed by atoms with Gasteiger partial charge in [0, 0.05) is 32.1 Å². The van der Waals surface area contributed by atoms with Gasteiger partial charge in [0.25, 0.3) is 0 Å². The maximum Gasteiger partial charge on any atom is 0.303 e. The lowest BCUT2D eigenvalue weighted by molar-refractivity contribution is -0.207. The summed E-state index contributed by atoms with van der Waals surface area (Å²) in [6.45, 7) is 35.5. The molecule has 0 bridgehead atoms. The molecular formula is C121H204O20. The Morgan fingerprint density at radius 2 is 0.454 bits per heavy atom. The maximum absolute atomic E-state index is 11.5. The van der Waals surface area contributed by atoms with Crippen molar-refractivity contribution in [1.29, 1.82) is 0 Å². The summed E-state index contributed by atoms with van der Waals surface area (Å²) in [4.78, 5) is 55.3. The Morgan fingerprint density at radius 1 is 0.227 bits per heavy atom. The van der Waals surface area contributed by atoms with Crippen molar-refractivity contribution in [1.82, 2.24) is 0 Å². The second-order valence-corrected chi connectivity index (χ2v) is 56.7. The molecule has 0 radical (unpaired) electrons. The molecule has 0 aliphatic heterocycles. The maximum atomic E-state index is 11.5. The third-order valence-corrected chi connectivity index (χ3v) is 51.3. The van der Waals surface area contributed by atoms with E-state index in [1.165, 1.54) is 116 Å². The molecule has 15 N–H and O–H groups in total. The highest BCUT2D eigenvalue weighted by atomic mass is 16.4. The average Bonchev–Trinajstić information content (AvgIpc) is 1.64. The van der Waals surface area contributed by atoms with Gasteiger partial charge in [0.1, 0.15) is 0 Å². The largest absolute Gasteiger partial charge is 0.481 e. The highest BCUT2D eigenvalue weighted by Gasteiger charge is 2.71. The van der Waals surface area contributed by atoms with Crippen molar-refractivity contribution >= 4 is 29.8 Å². The minimum absolute atomic E-state index is 0. The van der Waals surface area contributed by atoms with Gasteiger partial charge < -0.3 is 76.6 Å². The molecule has 20 heteroatoms. The molecule has 0 saturated heterocycles. The molecule has 0 spiro atoms. The molecule has 141 heavy (non-hydrogen) atoms. The third-order valence-electron chi connectivity index (χ3n) is 51.3. The number of carbonyl (C=O) groups is 5. The van der Waals surface area contributed by atoms with Gasteiger partial charge in [-0.3, -0.25) is 24.0 Å². The summed E-state index contributed by atoms with van der Waals surface area (Å²) in [5, 5.41) is 153. The Labute approximate surface area is 850 Å². The standard InChI is InChI=1S/C24H40O5.3C24H40O4.C24H40O3.CH4/c1-13(4-7-21(28)29)16-5-6-17-22-18(12-20(27)24(16,17)3)23(2)9-8-15(25)10-14(23)11-19(22)26;1-14(4-9-22(27)28)18-7-8-19-17-6-5-15-12-16(25)10-11-23(15,2)20(17)13-21(26)24(18,19)3;2*1-14(4-7-21(27)28)17-5-6-18-22-19(9-11-24(17,18)3)23(2)10-8-16(25)12-15(23)13-20(22)26;1-15(4-9-22(26)27)19-7-8-20-18-6-5-16-14-17(25)10-12-23(16,2)21(18)11-13-24(19,20)3;/h13-20,22,25-27H,4-12H2,1-3H3,(H,28,29);14-21,25-26H,4-13H2,1-3H3,(H,27,28);2*14-20,22,25-26H,4-13H2,1-3H3,(H,27,28);15-21,25H,4-14H2,1-3H3,(H,26,27);1H4/t13?,14?,15?,16-,17?,18?,19?,20?,22?,23+,24-;14?,15?,16?,17?,18-,19?,20?,21?,23+,24-;2*14?,15?,16?,17-,18?,19?,20?,22?,23+,24-;15?,16?,17?,18?,19-,20?,21?,23+,24-;/m11111./s1. The first-order chi connectivity index (χ1) is 65.8. The van der Waals surface area contributed by atoms with E-state index in [-0.39, 0.29) is 143 Å². The lowest BCUT2D eigenvalue weighted by atomic mass is 9.43. The summed E-state index contributed by atoms with van der Waals surface area (Å²) in [6, 6.07) is 0. The van der Waals surface area contributed by atoms with Crippen LogP contribution in [0.5, 0.6) is 0 Å². The van der Waals surface area contributed by atoms with Crippen LogP contribution in [0.3, 0.4) is 0 Å². The van der Waals surface area contributed by atoms with Gasteiger partial charge in [-0.1, -0.05) is 111 Å². The second-order valence-electron chi connectivity index (χ2n) is 56.7. The van der Waals surface area contributed by atoms with Crippen molar-refractivity contribution in [3.8, 4) is 0 Å². The van der Waals surface area contributed by atoms with E-state index >= 15 is 0 Å². The summed E-state index contributed by atoms with van der Waals surface area (Å²) in [6.07, 6.45) is 46.1. The zero-order chi connectivity index (χ0) is 101. The number of aliphatic hydroxyl groups excluding tert-OH is 10. The molecular weight excluding hydrogens is 1770 g/mol. The van der Waals surface area contributed by atoms with Crippen LogP contribution in [0.2, 0.25) is 0 Å². The fourth-order valence-corrected chi connectivity index (χ4v) is 43.6. The first kappa shape index (κ1) is 112. The zero-order valence-electron chi connectivity index (χ0n) is 89.7. The molecule has 35 unspecified atom stereocenters. The van der Waals surface area contributed by atoms with E-state index in [1.54, 1.807) is 0 Å². The van der Waals surface area contributed by atoms with E-state index in [1.807, 2.05) is 0 Å². The molecule has 0 aromatic rings. The monoisotopic (exact) mass is 1980 g/mol. The SMILES string of the molecule is C.CC(CCC(=O)O)[C@H]1CCC2C3C(O)CC4CC(O)CC[C@]4(C)C3CC(O)[C@@]21C.CC(CCC(=O)O)[C@H]1CCC2C3C(O)CC4CC(O)CC[C@]4(C)C3CC[C@@]21C.CC(CCC(=O)O)[C@H]1CCC2C3C(O)CC4CC(O)CC[C@]4(C)C3CC[C@@]21C.CC(CCC(=O)O)[C@H]1CCC2C3CCC4CC(O)CC[C@]4(C)C3CC(O)[C@@]21C.CC(CCC(=O)O)[C@H]1CCC2C3CCC4CC(O)CC[C@]4(C)C3CC[C@@]21C. The van der Waals surface area contributed by atoms with Crippen LogP contribution in [0.1, 0.15) is 432 Å². The van der Waals surface area contributed by atoms with Crippen LogP contribution in [0.4, 0.5) is 0 Å². The molecule has 50 atom stereocenters. The van der Waals surface area contributed by atoms with E-state index in [9.17, 15) is 75.0 Å². The minimum Gasteiger partial charge on any atom is -0.481 e. The van der Waals surface area contributed by atoms with Crippen molar-refractivity contribution < 1.29 is 101 Å². The van der Waals surface area contributed by atoms with Gasteiger partial charge in [-0.2, -0.15) is 0 Å². The lowest BCUT2D eigenvalue weighted by Crippen LogP contribution is -2.62. The van der Waals surface area contributed by atoms with Crippen molar-refractivity contribution in [3.63, 3.8) is 0 Å². The molecule has 808 valence electrons. The molecule has 20 nitrogen and oxygen atoms in total. The minimum atomic E-state index is -0.748. The van der Waals surface area contributed by atoms with Crippen molar-refractivity contribution in [3.05, 3.63) is 0 Å². The van der Waals surface area contributed by atoms with E-state index < -0.39 is 36.0 Å². The molecule has 20 aliphatic carbocycles. The number of carboxylic acid groups (broad SMARTS) is 5. The quantitative estimate of drug-likeness (QED) is 0.0538. The van der Waals surface area contributed by atoms with Crippen LogP contribution in [0.25, 0.3) is 0 Å². The Hall–Kier alpha value is -3.05. The summed E-state index contributed by atoms with van der Waals surface area (Å²) in [5.41, 5.74) is 2.00. The van der Waals surface area contributed by atoms with Crippen LogP contribution < -0.4 is 0 Å².